The molecule has 0 saturated heterocycles. The summed E-state index contributed by atoms with van der Waals surface area (Å²) in [5.41, 5.74) is 2.72. The first-order valence-corrected chi connectivity index (χ1v) is 15.8. The lowest BCUT2D eigenvalue weighted by Crippen LogP contribution is -2.27. The van der Waals surface area contributed by atoms with E-state index in [-0.39, 0.29) is 23.3 Å². The first-order valence-electron chi connectivity index (χ1n) is 13.1. The number of ether oxygens (including phenoxy) is 1. The SMILES string of the molecule is CC[C@H](C)n1c(SCC(=O)Nc2sc3c(c2C(=O)OC)CCCCC3)nc2sc3c(c2c1=O)CCCC3. The molecule has 0 fully saturated rings. The predicted octanol–water partition coefficient (Wildman–Crippen LogP) is 6.16. The fraction of sp³-hybridized carbons (Fsp3) is 0.556. The molecule has 0 radical (unpaired) electrons. The Balaban J connectivity index is 1.42. The molecule has 0 aromatic carbocycles. The van der Waals surface area contributed by atoms with Crippen molar-refractivity contribution in [1.82, 2.24) is 9.55 Å². The molecule has 1 atom stereocenters. The van der Waals surface area contributed by atoms with Crippen LogP contribution in [0.2, 0.25) is 0 Å². The number of nitrogens with one attached hydrogen (secondary N) is 1. The molecule has 10 heteroatoms. The largest absolute Gasteiger partial charge is 0.465 e. The molecule has 7 nitrogen and oxygen atoms in total. The molecule has 2 aliphatic carbocycles. The lowest BCUT2D eigenvalue weighted by atomic mass is 9.97. The average Bonchev–Trinajstić information content (AvgIpc) is 3.35. The maximum Gasteiger partial charge on any atom is 0.341 e. The van der Waals surface area contributed by atoms with E-state index in [2.05, 4.69) is 12.2 Å². The Hall–Kier alpha value is -2.17. The van der Waals surface area contributed by atoms with Gasteiger partial charge in [-0.1, -0.05) is 25.1 Å². The number of anilines is 1. The van der Waals surface area contributed by atoms with E-state index in [4.69, 9.17) is 9.72 Å². The molecule has 3 aromatic rings. The third-order valence-corrected chi connectivity index (χ3v) is 10.8. The van der Waals surface area contributed by atoms with Gasteiger partial charge in [-0.2, -0.15) is 0 Å². The highest BCUT2D eigenvalue weighted by atomic mass is 32.2. The summed E-state index contributed by atoms with van der Waals surface area (Å²) in [4.78, 5) is 47.5. The van der Waals surface area contributed by atoms with Crippen molar-refractivity contribution in [1.29, 1.82) is 0 Å². The summed E-state index contributed by atoms with van der Waals surface area (Å²) in [7, 11) is 1.38. The van der Waals surface area contributed by atoms with Gasteiger partial charge in [-0.3, -0.25) is 14.2 Å². The van der Waals surface area contributed by atoms with Crippen molar-refractivity contribution in [2.75, 3.05) is 18.2 Å². The van der Waals surface area contributed by atoms with Crippen molar-refractivity contribution in [3.05, 3.63) is 36.8 Å². The number of amides is 1. The molecule has 0 spiro atoms. The maximum atomic E-state index is 13.7. The number of rotatable bonds is 7. The van der Waals surface area contributed by atoms with Crippen LogP contribution in [-0.4, -0.2) is 34.3 Å². The van der Waals surface area contributed by atoms with Gasteiger partial charge in [-0.05, 0) is 75.8 Å². The van der Waals surface area contributed by atoms with Crippen molar-refractivity contribution in [2.45, 2.75) is 89.3 Å². The standard InChI is InChI=1S/C27H33N3O4S3/c1-4-15(2)30-25(32)21-16-11-8-9-13-18(16)36-23(21)29-27(30)35-14-20(31)28-24-22(26(33)34-3)17-10-6-5-7-12-19(17)37-24/h15H,4-14H2,1-3H3,(H,28,31)/t15-/m0/s1. The molecule has 1 N–H and O–H groups in total. The zero-order valence-electron chi connectivity index (χ0n) is 21.6. The minimum atomic E-state index is -0.401. The van der Waals surface area contributed by atoms with E-state index < -0.39 is 5.97 Å². The highest BCUT2D eigenvalue weighted by molar-refractivity contribution is 7.99. The van der Waals surface area contributed by atoms with Crippen LogP contribution in [0.3, 0.4) is 0 Å². The molecule has 37 heavy (non-hydrogen) atoms. The monoisotopic (exact) mass is 559 g/mol. The van der Waals surface area contributed by atoms with Crippen molar-refractivity contribution in [3.8, 4) is 0 Å². The van der Waals surface area contributed by atoms with Crippen molar-refractivity contribution in [3.63, 3.8) is 0 Å². The van der Waals surface area contributed by atoms with E-state index in [1.807, 2.05) is 6.92 Å². The summed E-state index contributed by atoms with van der Waals surface area (Å²) in [6.07, 6.45) is 10.0. The number of carbonyl (C=O) groups is 2. The van der Waals surface area contributed by atoms with Crippen LogP contribution in [0.1, 0.15) is 89.7 Å². The van der Waals surface area contributed by atoms with E-state index in [1.165, 1.54) is 45.5 Å². The molecule has 0 unspecified atom stereocenters. The van der Waals surface area contributed by atoms with Crippen LogP contribution in [0.25, 0.3) is 10.2 Å². The summed E-state index contributed by atoms with van der Waals surface area (Å²) >= 11 is 4.40. The second-order valence-electron chi connectivity index (χ2n) is 9.81. The van der Waals surface area contributed by atoms with Crippen molar-refractivity contribution < 1.29 is 14.3 Å². The van der Waals surface area contributed by atoms with Gasteiger partial charge in [0, 0.05) is 15.8 Å². The quantitative estimate of drug-likeness (QED) is 0.161. The van der Waals surface area contributed by atoms with Gasteiger partial charge in [0.05, 0.1) is 23.8 Å². The zero-order valence-corrected chi connectivity index (χ0v) is 24.1. The van der Waals surface area contributed by atoms with Crippen molar-refractivity contribution >= 4 is 61.5 Å². The fourth-order valence-corrected chi connectivity index (χ4v) is 8.81. The molecule has 0 aliphatic heterocycles. The summed E-state index contributed by atoms with van der Waals surface area (Å²) in [6, 6.07) is -0.0204. The Bertz CT molecular complexity index is 1400. The average molecular weight is 560 g/mol. The molecule has 0 saturated carbocycles. The Kier molecular flexibility index (Phi) is 8.07. The minimum absolute atomic E-state index is 0.0108. The zero-order chi connectivity index (χ0) is 26.1. The molecule has 1 amide bonds. The number of fused-ring (bicyclic) bond motifs is 4. The number of hydrogen-bond donors (Lipinski definition) is 1. The molecule has 3 aromatic heterocycles. The normalized spacial score (nSPS) is 16.1. The van der Waals surface area contributed by atoms with Gasteiger partial charge < -0.3 is 10.1 Å². The van der Waals surface area contributed by atoms with Gasteiger partial charge in [-0.25, -0.2) is 9.78 Å². The summed E-state index contributed by atoms with van der Waals surface area (Å²) in [5.74, 6) is -0.522. The van der Waals surface area contributed by atoms with Gasteiger partial charge in [0.15, 0.2) is 5.16 Å². The number of hydrogen-bond acceptors (Lipinski definition) is 8. The molecule has 0 bridgehead atoms. The van der Waals surface area contributed by atoms with Crippen LogP contribution in [0.15, 0.2) is 9.95 Å². The Morgan fingerprint density at radius 2 is 1.73 bits per heavy atom. The van der Waals surface area contributed by atoms with Gasteiger partial charge >= 0.3 is 5.97 Å². The molecular formula is C27H33N3O4S3. The lowest BCUT2D eigenvalue weighted by Gasteiger charge is -2.18. The molecule has 2 aliphatic rings. The number of thiophene rings is 2. The maximum absolute atomic E-state index is 13.7. The van der Waals surface area contributed by atoms with Crippen LogP contribution < -0.4 is 10.9 Å². The smallest absolute Gasteiger partial charge is 0.341 e. The van der Waals surface area contributed by atoms with Gasteiger partial charge in [0.1, 0.15) is 9.83 Å². The molecular weight excluding hydrogens is 527 g/mol. The third kappa shape index (κ3) is 5.12. The fourth-order valence-electron chi connectivity index (χ4n) is 5.31. The first-order chi connectivity index (χ1) is 17.9. The van der Waals surface area contributed by atoms with E-state index >= 15 is 0 Å². The Labute approximate surface area is 229 Å². The van der Waals surface area contributed by atoms with E-state index in [1.54, 1.807) is 15.9 Å². The summed E-state index contributed by atoms with van der Waals surface area (Å²) in [6.45, 7) is 4.08. The highest BCUT2D eigenvalue weighted by Gasteiger charge is 2.27. The van der Waals surface area contributed by atoms with Gasteiger partial charge in [-0.15, -0.1) is 22.7 Å². The van der Waals surface area contributed by atoms with Gasteiger partial charge in [0.2, 0.25) is 5.91 Å². The van der Waals surface area contributed by atoms with Crippen LogP contribution in [0.4, 0.5) is 5.00 Å². The Morgan fingerprint density at radius 3 is 2.49 bits per heavy atom. The van der Waals surface area contributed by atoms with E-state index in [0.29, 0.717) is 15.7 Å². The minimum Gasteiger partial charge on any atom is -0.465 e. The third-order valence-electron chi connectivity index (χ3n) is 7.42. The van der Waals surface area contributed by atoms with Crippen molar-refractivity contribution in [2.24, 2.45) is 0 Å². The summed E-state index contributed by atoms with van der Waals surface area (Å²) in [5, 5.41) is 4.89. The molecule has 198 valence electrons. The van der Waals surface area contributed by atoms with Crippen LogP contribution >= 0.6 is 34.4 Å². The lowest BCUT2D eigenvalue weighted by molar-refractivity contribution is -0.113. The molecule has 5 rings (SSSR count). The van der Waals surface area contributed by atoms with Crippen LogP contribution in [-0.2, 0) is 35.2 Å². The second kappa shape index (κ2) is 11.3. The number of esters is 1. The van der Waals surface area contributed by atoms with E-state index in [9.17, 15) is 14.4 Å². The van der Waals surface area contributed by atoms with Crippen LogP contribution in [0, 0.1) is 0 Å². The van der Waals surface area contributed by atoms with Gasteiger partial charge in [0.25, 0.3) is 5.56 Å². The first kappa shape index (κ1) is 26.4. The van der Waals surface area contributed by atoms with E-state index in [0.717, 1.165) is 80.0 Å². The topological polar surface area (TPSA) is 90.3 Å². The number of thioether (sulfide) groups is 1. The summed E-state index contributed by atoms with van der Waals surface area (Å²) < 4.78 is 6.83. The highest BCUT2D eigenvalue weighted by Crippen LogP contribution is 2.39. The second-order valence-corrected chi connectivity index (χ2v) is 12.9. The number of nitrogens with zero attached hydrogens (tertiary/aromatic N) is 2. The number of aryl methyl sites for hydroxylation is 3. The Morgan fingerprint density at radius 1 is 1.05 bits per heavy atom. The molecule has 3 heterocycles. The predicted molar refractivity (Wildman–Crippen MR) is 152 cm³/mol. The number of aromatic nitrogens is 2. The number of carbonyl (C=O) groups excluding carboxylic acids is 2. The van der Waals surface area contributed by atoms with Crippen LogP contribution in [0.5, 0.6) is 0 Å². The number of methoxy groups -OCH3 is 1.